The molecule has 2 rings (SSSR count). The van der Waals surface area contributed by atoms with Crippen LogP contribution in [0.15, 0.2) is 12.3 Å². The number of alkyl halides is 3. The Morgan fingerprint density at radius 2 is 2.07 bits per heavy atom. The minimum Gasteiger partial charge on any atom is -0.284 e. The standard InChI is InChI=1S/C10H8F3NO/c11-10(12,13)9(15)7-4-5-14-8-3-1-2-6(7)8/h4-5H,1-3H2. The van der Waals surface area contributed by atoms with Crippen LogP contribution in [0.2, 0.25) is 0 Å². The molecule has 1 heterocycles. The summed E-state index contributed by atoms with van der Waals surface area (Å²) in [5, 5.41) is 0. The molecule has 1 aromatic rings. The number of rotatable bonds is 1. The van der Waals surface area contributed by atoms with E-state index in [1.54, 1.807) is 0 Å². The molecule has 1 aliphatic carbocycles. The lowest BCUT2D eigenvalue weighted by Gasteiger charge is -2.08. The highest BCUT2D eigenvalue weighted by Gasteiger charge is 2.41. The van der Waals surface area contributed by atoms with Crippen molar-refractivity contribution in [1.29, 1.82) is 0 Å². The van der Waals surface area contributed by atoms with E-state index in [1.165, 1.54) is 6.20 Å². The fourth-order valence-corrected chi connectivity index (χ4v) is 1.83. The molecule has 0 bridgehead atoms. The summed E-state index contributed by atoms with van der Waals surface area (Å²) in [7, 11) is 0. The van der Waals surface area contributed by atoms with Crippen molar-refractivity contribution in [2.75, 3.05) is 0 Å². The Labute approximate surface area is 84.1 Å². The number of halogens is 3. The van der Waals surface area contributed by atoms with E-state index in [1.807, 2.05) is 0 Å². The van der Waals surface area contributed by atoms with Crippen LogP contribution < -0.4 is 0 Å². The van der Waals surface area contributed by atoms with Gasteiger partial charge in [-0.2, -0.15) is 13.2 Å². The van der Waals surface area contributed by atoms with Crippen molar-refractivity contribution >= 4 is 5.78 Å². The van der Waals surface area contributed by atoms with Gasteiger partial charge in [0.2, 0.25) is 0 Å². The van der Waals surface area contributed by atoms with Crippen LogP contribution in [0.25, 0.3) is 0 Å². The molecule has 0 spiro atoms. The van der Waals surface area contributed by atoms with Gasteiger partial charge in [-0.1, -0.05) is 0 Å². The molecule has 80 valence electrons. The summed E-state index contributed by atoms with van der Waals surface area (Å²) < 4.78 is 36.7. The second-order valence-corrected chi connectivity index (χ2v) is 3.46. The van der Waals surface area contributed by atoms with Crippen molar-refractivity contribution in [3.05, 3.63) is 29.1 Å². The lowest BCUT2D eigenvalue weighted by Crippen LogP contribution is -2.24. The average molecular weight is 215 g/mol. The van der Waals surface area contributed by atoms with Crippen molar-refractivity contribution in [3.8, 4) is 0 Å². The van der Waals surface area contributed by atoms with Crippen LogP contribution in [-0.4, -0.2) is 16.9 Å². The van der Waals surface area contributed by atoms with Gasteiger partial charge in [0, 0.05) is 17.5 Å². The van der Waals surface area contributed by atoms with Crippen LogP contribution in [0.5, 0.6) is 0 Å². The Bertz CT molecular complexity index is 412. The Morgan fingerprint density at radius 1 is 1.33 bits per heavy atom. The third-order valence-electron chi connectivity index (χ3n) is 2.49. The molecule has 1 aromatic heterocycles. The first-order chi connectivity index (χ1) is 7.00. The molecule has 0 radical (unpaired) electrons. The number of aromatic nitrogens is 1. The fraction of sp³-hybridized carbons (Fsp3) is 0.400. The summed E-state index contributed by atoms with van der Waals surface area (Å²) in [6.07, 6.45) is -1.58. The molecule has 0 atom stereocenters. The number of hydrogen-bond acceptors (Lipinski definition) is 2. The number of carbonyl (C=O) groups excluding carboxylic acids is 1. The number of aryl methyl sites for hydroxylation is 1. The highest BCUT2D eigenvalue weighted by atomic mass is 19.4. The van der Waals surface area contributed by atoms with Gasteiger partial charge in [0.25, 0.3) is 5.78 Å². The summed E-state index contributed by atoms with van der Waals surface area (Å²) in [5.41, 5.74) is 0.870. The zero-order valence-corrected chi connectivity index (χ0v) is 7.77. The number of pyridine rings is 1. The molecule has 1 aliphatic rings. The lowest BCUT2D eigenvalue weighted by atomic mass is 10.0. The van der Waals surface area contributed by atoms with Crippen molar-refractivity contribution in [1.82, 2.24) is 4.98 Å². The summed E-state index contributed by atoms with van der Waals surface area (Å²) in [6, 6.07) is 1.15. The SMILES string of the molecule is O=C(c1ccnc2c1CCC2)C(F)(F)F. The monoisotopic (exact) mass is 215 g/mol. The second kappa shape index (κ2) is 3.32. The predicted octanol–water partition coefficient (Wildman–Crippen LogP) is 2.32. The van der Waals surface area contributed by atoms with Gasteiger partial charge in [-0.3, -0.25) is 9.78 Å². The van der Waals surface area contributed by atoms with Gasteiger partial charge in [-0.25, -0.2) is 0 Å². The first kappa shape index (κ1) is 10.1. The van der Waals surface area contributed by atoms with Crippen molar-refractivity contribution in [2.24, 2.45) is 0 Å². The molecular weight excluding hydrogens is 207 g/mol. The highest BCUT2D eigenvalue weighted by Crippen LogP contribution is 2.28. The predicted molar refractivity (Wildman–Crippen MR) is 46.6 cm³/mol. The van der Waals surface area contributed by atoms with E-state index in [2.05, 4.69) is 4.98 Å². The Kier molecular flexibility index (Phi) is 2.25. The third-order valence-corrected chi connectivity index (χ3v) is 2.49. The third kappa shape index (κ3) is 1.73. The number of nitrogens with zero attached hydrogens (tertiary/aromatic N) is 1. The van der Waals surface area contributed by atoms with E-state index < -0.39 is 12.0 Å². The molecule has 0 fully saturated rings. The lowest BCUT2D eigenvalue weighted by molar-refractivity contribution is -0.0885. The summed E-state index contributed by atoms with van der Waals surface area (Å²) in [4.78, 5) is 15.0. The maximum absolute atomic E-state index is 12.2. The van der Waals surface area contributed by atoms with Crippen LogP contribution in [0.4, 0.5) is 13.2 Å². The van der Waals surface area contributed by atoms with Gasteiger partial charge in [0.1, 0.15) is 0 Å². The summed E-state index contributed by atoms with van der Waals surface area (Å²) >= 11 is 0. The van der Waals surface area contributed by atoms with E-state index in [-0.39, 0.29) is 5.56 Å². The van der Waals surface area contributed by atoms with Crippen LogP contribution >= 0.6 is 0 Å². The van der Waals surface area contributed by atoms with E-state index in [0.717, 1.165) is 12.5 Å². The largest absolute Gasteiger partial charge is 0.454 e. The van der Waals surface area contributed by atoms with Gasteiger partial charge >= 0.3 is 6.18 Å². The number of ketones is 1. The van der Waals surface area contributed by atoms with Gasteiger partial charge < -0.3 is 0 Å². The quantitative estimate of drug-likeness (QED) is 0.673. The first-order valence-corrected chi connectivity index (χ1v) is 4.58. The zero-order chi connectivity index (χ0) is 11.1. The van der Waals surface area contributed by atoms with Gasteiger partial charge in [0.15, 0.2) is 0 Å². The molecule has 0 aliphatic heterocycles. The minimum atomic E-state index is -4.79. The molecule has 0 unspecified atom stereocenters. The molecule has 0 amide bonds. The topological polar surface area (TPSA) is 30.0 Å². The number of hydrogen-bond donors (Lipinski definition) is 0. The molecule has 0 saturated carbocycles. The summed E-state index contributed by atoms with van der Waals surface area (Å²) in [5.74, 6) is -1.76. The van der Waals surface area contributed by atoms with E-state index in [9.17, 15) is 18.0 Å². The van der Waals surface area contributed by atoms with Crippen molar-refractivity contribution < 1.29 is 18.0 Å². The Hall–Kier alpha value is -1.39. The second-order valence-electron chi connectivity index (χ2n) is 3.46. The van der Waals surface area contributed by atoms with Crippen LogP contribution in [0, 0.1) is 0 Å². The molecule has 0 N–H and O–H groups in total. The van der Waals surface area contributed by atoms with E-state index >= 15 is 0 Å². The van der Waals surface area contributed by atoms with E-state index in [0.29, 0.717) is 24.1 Å². The number of carbonyl (C=O) groups is 1. The molecular formula is C10H8F3NO. The van der Waals surface area contributed by atoms with Gasteiger partial charge in [-0.05, 0) is 30.9 Å². The number of Topliss-reactive ketones (excluding diaryl/α,β-unsaturated/α-hetero) is 1. The Morgan fingerprint density at radius 3 is 2.73 bits per heavy atom. The number of fused-ring (bicyclic) bond motifs is 1. The Balaban J connectivity index is 2.46. The first-order valence-electron chi connectivity index (χ1n) is 4.58. The summed E-state index contributed by atoms with van der Waals surface area (Å²) in [6.45, 7) is 0. The zero-order valence-electron chi connectivity index (χ0n) is 7.77. The maximum atomic E-state index is 12.2. The molecule has 0 aromatic carbocycles. The highest BCUT2D eigenvalue weighted by molar-refractivity contribution is 6.01. The van der Waals surface area contributed by atoms with Crippen LogP contribution in [0.3, 0.4) is 0 Å². The van der Waals surface area contributed by atoms with E-state index in [4.69, 9.17) is 0 Å². The van der Waals surface area contributed by atoms with Crippen LogP contribution in [0.1, 0.15) is 28.0 Å². The van der Waals surface area contributed by atoms with Gasteiger partial charge in [0.05, 0.1) is 0 Å². The average Bonchev–Trinajstić information content (AvgIpc) is 2.62. The van der Waals surface area contributed by atoms with Crippen LogP contribution in [-0.2, 0) is 12.8 Å². The van der Waals surface area contributed by atoms with Crippen molar-refractivity contribution in [2.45, 2.75) is 25.4 Å². The minimum absolute atomic E-state index is 0.231. The fourth-order valence-electron chi connectivity index (χ4n) is 1.83. The van der Waals surface area contributed by atoms with Gasteiger partial charge in [-0.15, -0.1) is 0 Å². The smallest absolute Gasteiger partial charge is 0.284 e. The maximum Gasteiger partial charge on any atom is 0.454 e. The van der Waals surface area contributed by atoms with Crippen molar-refractivity contribution in [3.63, 3.8) is 0 Å². The molecule has 15 heavy (non-hydrogen) atoms. The molecule has 2 nitrogen and oxygen atoms in total. The normalized spacial score (nSPS) is 15.1. The molecule has 0 saturated heterocycles. The molecule has 5 heteroatoms.